The molecule has 0 aliphatic carbocycles. The monoisotopic (exact) mass is 213 g/mol. The number of hydrazine groups is 1. The molecule has 0 aromatic carbocycles. The van der Waals surface area contributed by atoms with Crippen LogP contribution in [0.15, 0.2) is 18.5 Å². The maximum atomic E-state index is 13.0. The van der Waals surface area contributed by atoms with Crippen LogP contribution in [0, 0.1) is 5.82 Å². The van der Waals surface area contributed by atoms with Crippen LogP contribution in [0.1, 0.15) is 25.5 Å². The first kappa shape index (κ1) is 12.0. The van der Waals surface area contributed by atoms with Gasteiger partial charge >= 0.3 is 0 Å². The summed E-state index contributed by atoms with van der Waals surface area (Å²) < 4.78 is 18.3. The molecular formula is C10H16FN3O. The van der Waals surface area contributed by atoms with E-state index in [1.807, 2.05) is 13.8 Å². The zero-order chi connectivity index (χ0) is 11.5. The van der Waals surface area contributed by atoms with Gasteiger partial charge in [-0.2, -0.15) is 0 Å². The zero-order valence-electron chi connectivity index (χ0n) is 9.12. The highest BCUT2D eigenvalue weighted by Crippen LogP contribution is 2.27. The van der Waals surface area contributed by atoms with Gasteiger partial charge in [-0.1, -0.05) is 0 Å². The van der Waals surface area contributed by atoms with Crippen LogP contribution < -0.4 is 11.3 Å². The number of ether oxygens (including phenoxy) is 1. The van der Waals surface area contributed by atoms with E-state index in [2.05, 4.69) is 10.4 Å². The summed E-state index contributed by atoms with van der Waals surface area (Å²) in [6.07, 6.45) is 2.71. The number of hydrogen-bond acceptors (Lipinski definition) is 4. The minimum atomic E-state index is -0.537. The van der Waals surface area contributed by atoms with Crippen molar-refractivity contribution in [3.05, 3.63) is 29.8 Å². The number of pyridine rings is 1. The molecule has 15 heavy (non-hydrogen) atoms. The summed E-state index contributed by atoms with van der Waals surface area (Å²) in [7, 11) is 1.58. The second kappa shape index (κ2) is 4.65. The van der Waals surface area contributed by atoms with Crippen molar-refractivity contribution in [2.45, 2.75) is 25.5 Å². The Kier molecular flexibility index (Phi) is 3.73. The van der Waals surface area contributed by atoms with Crippen LogP contribution in [-0.2, 0) is 4.74 Å². The molecule has 4 nitrogen and oxygen atoms in total. The van der Waals surface area contributed by atoms with Crippen LogP contribution in [0.5, 0.6) is 0 Å². The van der Waals surface area contributed by atoms with Gasteiger partial charge < -0.3 is 4.74 Å². The van der Waals surface area contributed by atoms with E-state index < -0.39 is 5.60 Å². The van der Waals surface area contributed by atoms with Gasteiger partial charge in [0.05, 0.1) is 17.8 Å². The topological polar surface area (TPSA) is 60.2 Å². The maximum Gasteiger partial charge on any atom is 0.141 e. The molecule has 1 aromatic rings. The quantitative estimate of drug-likeness (QED) is 0.582. The predicted molar refractivity (Wildman–Crippen MR) is 55.3 cm³/mol. The van der Waals surface area contributed by atoms with Gasteiger partial charge in [-0.15, -0.1) is 0 Å². The number of nitrogens with two attached hydrogens (primary N) is 1. The third kappa shape index (κ3) is 2.71. The molecule has 0 fully saturated rings. The Morgan fingerprint density at radius 1 is 1.53 bits per heavy atom. The van der Waals surface area contributed by atoms with E-state index in [4.69, 9.17) is 10.6 Å². The Morgan fingerprint density at radius 2 is 2.20 bits per heavy atom. The Bertz CT molecular complexity index is 330. The van der Waals surface area contributed by atoms with Crippen molar-refractivity contribution >= 4 is 0 Å². The largest absolute Gasteiger partial charge is 0.377 e. The summed E-state index contributed by atoms with van der Waals surface area (Å²) in [5, 5.41) is 0. The van der Waals surface area contributed by atoms with Crippen LogP contribution in [0.3, 0.4) is 0 Å². The van der Waals surface area contributed by atoms with Gasteiger partial charge in [-0.05, 0) is 25.5 Å². The minimum absolute atomic E-state index is 0.314. The molecular weight excluding hydrogens is 197 g/mol. The van der Waals surface area contributed by atoms with Gasteiger partial charge in [-0.3, -0.25) is 16.3 Å². The van der Waals surface area contributed by atoms with Gasteiger partial charge in [0.2, 0.25) is 0 Å². The fourth-order valence-corrected chi connectivity index (χ4v) is 1.40. The molecule has 0 aliphatic heterocycles. The smallest absolute Gasteiger partial charge is 0.141 e. The molecule has 1 rings (SSSR count). The van der Waals surface area contributed by atoms with E-state index in [9.17, 15) is 4.39 Å². The van der Waals surface area contributed by atoms with Crippen molar-refractivity contribution in [3.63, 3.8) is 0 Å². The standard InChI is InChI=1S/C10H16FN3O/c1-10(2,15-3)9(14-12)7-4-8(11)6-13-5-7/h4-6,9,14H,12H2,1-3H3. The van der Waals surface area contributed by atoms with Gasteiger partial charge in [-0.25, -0.2) is 4.39 Å². The number of rotatable bonds is 4. The average Bonchev–Trinajstić information content (AvgIpc) is 2.18. The second-order valence-corrected chi connectivity index (χ2v) is 3.84. The van der Waals surface area contributed by atoms with Crippen molar-refractivity contribution in [2.24, 2.45) is 5.84 Å². The minimum Gasteiger partial charge on any atom is -0.377 e. The number of nitrogens with zero attached hydrogens (tertiary/aromatic N) is 1. The molecule has 1 aromatic heterocycles. The van der Waals surface area contributed by atoms with E-state index in [-0.39, 0.29) is 11.9 Å². The Hall–Kier alpha value is -1.04. The lowest BCUT2D eigenvalue weighted by Crippen LogP contribution is -2.44. The van der Waals surface area contributed by atoms with E-state index >= 15 is 0 Å². The molecule has 1 atom stereocenters. The molecule has 1 heterocycles. The first-order valence-corrected chi connectivity index (χ1v) is 4.63. The molecule has 0 spiro atoms. The Labute approximate surface area is 88.6 Å². The SMILES string of the molecule is COC(C)(C)C(NN)c1cncc(F)c1. The van der Waals surface area contributed by atoms with Crippen LogP contribution >= 0.6 is 0 Å². The van der Waals surface area contributed by atoms with E-state index in [1.54, 1.807) is 13.3 Å². The molecule has 0 amide bonds. The Balaban J connectivity index is 3.02. The summed E-state index contributed by atoms with van der Waals surface area (Å²) in [6.45, 7) is 3.73. The fraction of sp³-hybridized carbons (Fsp3) is 0.500. The number of nitrogens with one attached hydrogen (secondary N) is 1. The summed E-state index contributed by atoms with van der Waals surface area (Å²) in [5.41, 5.74) is 2.72. The highest BCUT2D eigenvalue weighted by atomic mass is 19.1. The summed E-state index contributed by atoms with van der Waals surface area (Å²) in [5.74, 6) is 5.05. The van der Waals surface area contributed by atoms with E-state index in [0.717, 1.165) is 6.20 Å². The lowest BCUT2D eigenvalue weighted by Gasteiger charge is -2.32. The van der Waals surface area contributed by atoms with E-state index in [1.165, 1.54) is 6.07 Å². The number of halogens is 1. The second-order valence-electron chi connectivity index (χ2n) is 3.84. The molecule has 0 saturated carbocycles. The van der Waals surface area contributed by atoms with Crippen molar-refractivity contribution in [1.82, 2.24) is 10.4 Å². The van der Waals surface area contributed by atoms with Gasteiger partial charge in [0.1, 0.15) is 5.82 Å². The van der Waals surface area contributed by atoms with Crippen LogP contribution in [0.25, 0.3) is 0 Å². The highest BCUT2D eigenvalue weighted by molar-refractivity contribution is 5.18. The third-order valence-electron chi connectivity index (χ3n) is 2.45. The molecule has 3 N–H and O–H groups in total. The number of aromatic nitrogens is 1. The van der Waals surface area contributed by atoms with Crippen molar-refractivity contribution in [3.8, 4) is 0 Å². The Morgan fingerprint density at radius 3 is 2.67 bits per heavy atom. The van der Waals surface area contributed by atoms with E-state index in [0.29, 0.717) is 5.56 Å². The molecule has 5 heteroatoms. The third-order valence-corrected chi connectivity index (χ3v) is 2.45. The summed E-state index contributed by atoms with van der Waals surface area (Å²) >= 11 is 0. The zero-order valence-corrected chi connectivity index (χ0v) is 9.12. The maximum absolute atomic E-state index is 13.0. The average molecular weight is 213 g/mol. The molecule has 84 valence electrons. The van der Waals surface area contributed by atoms with Crippen molar-refractivity contribution in [1.29, 1.82) is 0 Å². The molecule has 0 bridgehead atoms. The molecule has 1 unspecified atom stereocenters. The highest BCUT2D eigenvalue weighted by Gasteiger charge is 2.30. The van der Waals surface area contributed by atoms with Crippen LogP contribution in [0.4, 0.5) is 4.39 Å². The molecule has 0 radical (unpaired) electrons. The summed E-state index contributed by atoms with van der Waals surface area (Å²) in [6, 6.07) is 1.07. The van der Waals surface area contributed by atoms with Gasteiger partial charge in [0, 0.05) is 13.3 Å². The lowest BCUT2D eigenvalue weighted by atomic mass is 9.93. The first-order valence-electron chi connectivity index (χ1n) is 4.63. The normalized spacial score (nSPS) is 13.9. The van der Waals surface area contributed by atoms with Crippen molar-refractivity contribution < 1.29 is 9.13 Å². The van der Waals surface area contributed by atoms with Gasteiger partial charge in [0.15, 0.2) is 0 Å². The first-order chi connectivity index (χ1) is 7.01. The van der Waals surface area contributed by atoms with Crippen LogP contribution in [-0.4, -0.2) is 17.7 Å². The lowest BCUT2D eigenvalue weighted by molar-refractivity contribution is -0.0113. The number of hydrogen-bond donors (Lipinski definition) is 2. The van der Waals surface area contributed by atoms with Gasteiger partial charge in [0.25, 0.3) is 0 Å². The fourth-order valence-electron chi connectivity index (χ4n) is 1.40. The number of methoxy groups -OCH3 is 1. The summed E-state index contributed by atoms with van der Waals surface area (Å²) in [4.78, 5) is 3.77. The van der Waals surface area contributed by atoms with Crippen molar-refractivity contribution in [2.75, 3.05) is 7.11 Å². The molecule has 0 aliphatic rings. The molecule has 0 saturated heterocycles. The van der Waals surface area contributed by atoms with Crippen LogP contribution in [0.2, 0.25) is 0 Å². The predicted octanol–water partition coefficient (Wildman–Crippen LogP) is 1.15.